The maximum absolute atomic E-state index is 12.6. The number of methoxy groups -OCH3 is 1. The Kier molecular flexibility index (Phi) is 22.3. The van der Waals surface area contributed by atoms with Crippen LogP contribution in [0.3, 0.4) is 0 Å². The number of carbonyl (C=O) groups is 4. The maximum Gasteiger partial charge on any atom is 0.309 e. The molecule has 12 heteroatoms. The van der Waals surface area contributed by atoms with E-state index in [0.717, 1.165) is 49.8 Å². The molecular formula is C36H61BN2O7Y2-2. The molecule has 268 valence electrons. The van der Waals surface area contributed by atoms with E-state index >= 15 is 0 Å². The number of fused-ring (bicyclic) bond motifs is 1. The van der Waals surface area contributed by atoms with Crippen LogP contribution in [0.5, 0.6) is 0 Å². The van der Waals surface area contributed by atoms with Crippen LogP contribution < -0.4 is 0 Å². The van der Waals surface area contributed by atoms with E-state index in [0.29, 0.717) is 25.2 Å². The van der Waals surface area contributed by atoms with E-state index in [1.54, 1.807) is 7.05 Å². The number of hydrogen-bond donors (Lipinski definition) is 0. The Hall–Kier alpha value is -0.147. The number of esters is 2. The average Bonchev–Trinajstić information content (AvgIpc) is 3.79. The van der Waals surface area contributed by atoms with E-state index in [-0.39, 0.29) is 94.6 Å². The number of hydrogen-bond acceptors (Lipinski definition) is 7. The van der Waals surface area contributed by atoms with Crippen molar-refractivity contribution in [3.8, 4) is 0 Å². The topological polar surface area (TPSA) is 102 Å². The molecule has 2 aliphatic heterocycles. The first kappa shape index (κ1) is 50.0. The fourth-order valence-electron chi connectivity index (χ4n) is 6.96. The van der Waals surface area contributed by atoms with Crippen LogP contribution >= 0.6 is 0 Å². The van der Waals surface area contributed by atoms with Gasteiger partial charge < -0.3 is 27.2 Å². The van der Waals surface area contributed by atoms with Crippen molar-refractivity contribution in [2.75, 3.05) is 27.8 Å². The molecule has 0 aromatic heterocycles. The monoisotopic (exact) mass is 822 g/mol. The van der Waals surface area contributed by atoms with E-state index in [1.165, 1.54) is 19.3 Å². The first-order valence-corrected chi connectivity index (χ1v) is 16.9. The molecule has 0 aromatic rings. The summed E-state index contributed by atoms with van der Waals surface area (Å²) in [5.74, 6) is -0.273. The standard InChI is InChI=1S/C15H26NO4.C10H14BNO.C9H15O2.C2H6.2Y/c1-7-15(13(18)16(5)19-6)10-8-9-11(15)12(17)20-14(2,3)4;1-6-4-10(11)8(3)7(2)9(13)12(10)5-6;1-3-9(8(10)11-2)6-4-5-7-9;1-2;;/h8,11H,7,9-10H2,1-6H3;6H,4-5H2,1-3H3;4H,3,5-7H2,1-2H3;1-2H3;;/q-1;;-1;;;/t11?,15-;6?,10-;9-;;;/m101.../s1. The minimum absolute atomic E-state index is 0. The van der Waals surface area contributed by atoms with Crippen molar-refractivity contribution in [1.82, 2.24) is 9.96 Å². The number of ether oxygens (including phenoxy) is 2. The molecule has 2 unspecified atom stereocenters. The normalized spacial score (nSPS) is 28.6. The summed E-state index contributed by atoms with van der Waals surface area (Å²) in [4.78, 5) is 54.9. The van der Waals surface area contributed by atoms with Gasteiger partial charge in [-0.05, 0) is 65.4 Å². The van der Waals surface area contributed by atoms with Crippen LogP contribution in [0.2, 0.25) is 0 Å². The Morgan fingerprint density at radius 1 is 1.04 bits per heavy atom. The number of rotatable bonds is 6. The summed E-state index contributed by atoms with van der Waals surface area (Å²) in [6.45, 7) is 20.3. The number of hydroxylamine groups is 2. The van der Waals surface area contributed by atoms with E-state index in [1.807, 2.05) is 66.7 Å². The summed E-state index contributed by atoms with van der Waals surface area (Å²) < 4.78 is 10.2. The molecule has 4 aliphatic rings. The minimum Gasteiger partial charge on any atom is -0.469 e. The summed E-state index contributed by atoms with van der Waals surface area (Å²) in [6.07, 6.45) is 10.7. The SMILES string of the molecule is CC.CC[C@@]1(C(=O)N(C)OC)C[CH-]CC1C(=O)OC(C)(C)C.CC[C@@]1(C(=O)OC)C[CH-]CC1.[B][C@@]12CC(C)CN1C(=O)C(C)=C2C.[Y].[Y]. The van der Waals surface area contributed by atoms with Gasteiger partial charge in [0, 0.05) is 107 Å². The predicted molar refractivity (Wildman–Crippen MR) is 182 cm³/mol. The van der Waals surface area contributed by atoms with Gasteiger partial charge in [-0.3, -0.25) is 24.0 Å². The predicted octanol–water partition coefficient (Wildman–Crippen LogP) is 6.39. The van der Waals surface area contributed by atoms with Gasteiger partial charge in [0.05, 0.1) is 14.2 Å². The van der Waals surface area contributed by atoms with Crippen molar-refractivity contribution in [2.45, 2.75) is 132 Å². The van der Waals surface area contributed by atoms with Crippen LogP contribution in [0.1, 0.15) is 121 Å². The van der Waals surface area contributed by atoms with Crippen LogP contribution in [0.15, 0.2) is 11.1 Å². The molecule has 4 radical (unpaired) electrons. The molecule has 9 nitrogen and oxygen atoms in total. The molecule has 0 N–H and O–H groups in total. The third-order valence-electron chi connectivity index (χ3n) is 9.96. The van der Waals surface area contributed by atoms with Crippen LogP contribution in [0, 0.1) is 35.5 Å². The van der Waals surface area contributed by atoms with Gasteiger partial charge in [0.2, 0.25) is 11.8 Å². The van der Waals surface area contributed by atoms with Crippen LogP contribution in [0.4, 0.5) is 0 Å². The fraction of sp³-hybridized carbons (Fsp3) is 0.778. The third-order valence-corrected chi connectivity index (χ3v) is 9.96. The van der Waals surface area contributed by atoms with Gasteiger partial charge in [-0.2, -0.15) is 25.7 Å². The summed E-state index contributed by atoms with van der Waals surface area (Å²) in [7, 11) is 10.7. The largest absolute Gasteiger partial charge is 0.469 e. The molecule has 2 saturated carbocycles. The molecule has 0 spiro atoms. The fourth-order valence-corrected chi connectivity index (χ4v) is 6.96. The Morgan fingerprint density at radius 3 is 2.04 bits per heavy atom. The van der Waals surface area contributed by atoms with Gasteiger partial charge in [0.15, 0.2) is 0 Å². The van der Waals surface area contributed by atoms with Gasteiger partial charge >= 0.3 is 11.9 Å². The summed E-state index contributed by atoms with van der Waals surface area (Å²) in [5.41, 5.74) is -0.0196. The van der Waals surface area contributed by atoms with E-state index < -0.39 is 22.4 Å². The second kappa shape index (κ2) is 21.4. The smallest absolute Gasteiger partial charge is 0.309 e. The van der Waals surface area contributed by atoms with Crippen molar-refractivity contribution in [3.63, 3.8) is 0 Å². The molecule has 3 fully saturated rings. The Labute approximate surface area is 343 Å². The molecule has 4 rings (SSSR count). The van der Waals surface area contributed by atoms with Crippen LogP contribution in [0.25, 0.3) is 0 Å². The van der Waals surface area contributed by atoms with Gasteiger partial charge in [0.25, 0.3) is 0 Å². The van der Waals surface area contributed by atoms with Crippen molar-refractivity contribution in [2.24, 2.45) is 22.7 Å². The molecule has 2 heterocycles. The van der Waals surface area contributed by atoms with Gasteiger partial charge in [0.1, 0.15) is 13.4 Å². The van der Waals surface area contributed by atoms with Crippen molar-refractivity contribution in [3.05, 3.63) is 24.0 Å². The third kappa shape index (κ3) is 11.4. The first-order valence-electron chi connectivity index (χ1n) is 16.9. The van der Waals surface area contributed by atoms with Gasteiger partial charge in [-0.15, -0.1) is 0 Å². The van der Waals surface area contributed by atoms with Crippen LogP contribution in [-0.2, 0) is 98.9 Å². The quantitative estimate of drug-likeness (QED) is 0.133. The van der Waals surface area contributed by atoms with Gasteiger partial charge in [-0.1, -0.05) is 41.0 Å². The second-order valence-corrected chi connectivity index (χ2v) is 13.9. The number of carbonyl (C=O) groups excluding carboxylic acids is 4. The molecule has 48 heavy (non-hydrogen) atoms. The minimum atomic E-state index is -0.743. The number of amides is 2. The second-order valence-electron chi connectivity index (χ2n) is 13.9. The van der Waals surface area contributed by atoms with Crippen molar-refractivity contribution < 1.29 is 98.9 Å². The molecule has 5 atom stereocenters. The summed E-state index contributed by atoms with van der Waals surface area (Å²) in [6, 6.07) is 0. The Balaban J connectivity index is 0. The zero-order valence-electron chi connectivity index (χ0n) is 32.2. The molecule has 2 aliphatic carbocycles. The Morgan fingerprint density at radius 2 is 1.62 bits per heavy atom. The van der Waals surface area contributed by atoms with E-state index in [2.05, 4.69) is 20.3 Å². The van der Waals surface area contributed by atoms with Gasteiger partial charge in [-0.25, -0.2) is 5.06 Å². The van der Waals surface area contributed by atoms with Crippen LogP contribution in [-0.4, -0.2) is 80.4 Å². The summed E-state index contributed by atoms with van der Waals surface area (Å²) >= 11 is 0. The molecule has 0 aromatic carbocycles. The zero-order valence-corrected chi connectivity index (χ0v) is 37.8. The van der Waals surface area contributed by atoms with Crippen molar-refractivity contribution in [1.29, 1.82) is 0 Å². The average molecular weight is 823 g/mol. The Bertz CT molecular complexity index is 1110. The number of nitrogens with zero attached hydrogens (tertiary/aromatic N) is 2. The van der Waals surface area contributed by atoms with Crippen molar-refractivity contribution >= 4 is 31.6 Å². The zero-order chi connectivity index (χ0) is 35.7. The molecule has 1 saturated heterocycles. The maximum atomic E-state index is 12.6. The molecule has 2 amide bonds. The van der Waals surface area contributed by atoms with E-state index in [4.69, 9.17) is 22.2 Å². The first-order chi connectivity index (χ1) is 21.4. The molecule has 0 bridgehead atoms. The molecular weight excluding hydrogens is 761 g/mol. The summed E-state index contributed by atoms with van der Waals surface area (Å²) in [5, 5.41) is 1.21. The van der Waals surface area contributed by atoms with E-state index in [9.17, 15) is 19.2 Å².